The van der Waals surface area contributed by atoms with E-state index in [1.54, 1.807) is 6.92 Å². The van der Waals surface area contributed by atoms with Crippen molar-refractivity contribution in [1.82, 2.24) is 10.2 Å². The predicted octanol–water partition coefficient (Wildman–Crippen LogP) is 2.85. The maximum Gasteiger partial charge on any atom is 0.322 e. The third-order valence-electron chi connectivity index (χ3n) is 2.06. The van der Waals surface area contributed by atoms with Crippen LogP contribution in [0.4, 0.5) is 6.01 Å². The largest absolute Gasteiger partial charge is 0.403 e. The Labute approximate surface area is 106 Å². The van der Waals surface area contributed by atoms with E-state index in [0.717, 1.165) is 10.0 Å². The van der Waals surface area contributed by atoms with Gasteiger partial charge in [-0.3, -0.25) is 10.1 Å². The van der Waals surface area contributed by atoms with Gasteiger partial charge in [-0.25, -0.2) is 0 Å². The molecular weight excluding hydrogens is 286 g/mol. The standard InChI is InChI=1S/C11H10BrN3O2/c1-2-9(16)13-11-15-14-10(17-11)7-4-3-5-8(12)6-7/h3-6H,2H2,1H3,(H,13,15,16). The number of nitrogens with zero attached hydrogens (tertiary/aromatic N) is 2. The van der Waals surface area contributed by atoms with Gasteiger partial charge >= 0.3 is 6.01 Å². The lowest BCUT2D eigenvalue weighted by molar-refractivity contribution is -0.116. The zero-order chi connectivity index (χ0) is 12.3. The van der Waals surface area contributed by atoms with E-state index in [2.05, 4.69) is 31.4 Å². The summed E-state index contributed by atoms with van der Waals surface area (Å²) in [4.78, 5) is 11.1. The van der Waals surface area contributed by atoms with Crippen LogP contribution >= 0.6 is 15.9 Å². The number of carbonyl (C=O) groups excluding carboxylic acids is 1. The molecule has 0 saturated heterocycles. The van der Waals surface area contributed by atoms with Gasteiger partial charge in [-0.2, -0.15) is 0 Å². The van der Waals surface area contributed by atoms with Gasteiger partial charge in [-0.05, 0) is 18.2 Å². The van der Waals surface area contributed by atoms with Crippen LogP contribution in [0.2, 0.25) is 0 Å². The van der Waals surface area contributed by atoms with Crippen molar-refractivity contribution < 1.29 is 9.21 Å². The summed E-state index contributed by atoms with van der Waals surface area (Å²) in [7, 11) is 0. The molecule has 0 bridgehead atoms. The van der Waals surface area contributed by atoms with E-state index in [4.69, 9.17) is 4.42 Å². The molecule has 0 radical (unpaired) electrons. The Balaban J connectivity index is 2.21. The lowest BCUT2D eigenvalue weighted by Crippen LogP contribution is -2.09. The van der Waals surface area contributed by atoms with Gasteiger partial charge in [-0.15, -0.1) is 5.10 Å². The monoisotopic (exact) mass is 295 g/mol. The van der Waals surface area contributed by atoms with Gasteiger partial charge in [0, 0.05) is 16.5 Å². The highest BCUT2D eigenvalue weighted by molar-refractivity contribution is 9.10. The topological polar surface area (TPSA) is 68.0 Å². The molecule has 0 aliphatic rings. The van der Waals surface area contributed by atoms with Crippen molar-refractivity contribution in [2.75, 3.05) is 5.32 Å². The highest BCUT2D eigenvalue weighted by atomic mass is 79.9. The molecule has 2 rings (SSSR count). The number of aromatic nitrogens is 2. The fraction of sp³-hybridized carbons (Fsp3) is 0.182. The van der Waals surface area contributed by atoms with Crippen molar-refractivity contribution >= 4 is 27.9 Å². The number of hydrogen-bond acceptors (Lipinski definition) is 4. The van der Waals surface area contributed by atoms with Gasteiger partial charge < -0.3 is 4.42 Å². The molecule has 0 unspecified atom stereocenters. The highest BCUT2D eigenvalue weighted by Gasteiger charge is 2.10. The van der Waals surface area contributed by atoms with Crippen molar-refractivity contribution in [3.05, 3.63) is 28.7 Å². The second kappa shape index (κ2) is 5.09. The number of benzene rings is 1. The number of amides is 1. The van der Waals surface area contributed by atoms with Crippen molar-refractivity contribution in [2.24, 2.45) is 0 Å². The SMILES string of the molecule is CCC(=O)Nc1nnc(-c2cccc(Br)c2)o1. The number of hydrogen-bond donors (Lipinski definition) is 1. The molecule has 0 aliphatic heterocycles. The van der Waals surface area contributed by atoms with Crippen LogP contribution in [0.1, 0.15) is 13.3 Å². The zero-order valence-corrected chi connectivity index (χ0v) is 10.7. The van der Waals surface area contributed by atoms with Gasteiger partial charge in [0.2, 0.25) is 11.8 Å². The number of rotatable bonds is 3. The molecule has 1 amide bonds. The van der Waals surface area contributed by atoms with E-state index >= 15 is 0 Å². The van der Waals surface area contributed by atoms with Gasteiger partial charge in [0.15, 0.2) is 0 Å². The summed E-state index contributed by atoms with van der Waals surface area (Å²) in [5.41, 5.74) is 0.795. The second-order valence-electron chi connectivity index (χ2n) is 3.32. The maximum atomic E-state index is 11.1. The molecule has 1 heterocycles. The minimum Gasteiger partial charge on any atom is -0.403 e. The van der Waals surface area contributed by atoms with E-state index < -0.39 is 0 Å². The van der Waals surface area contributed by atoms with E-state index in [0.29, 0.717) is 12.3 Å². The van der Waals surface area contributed by atoms with Crippen molar-refractivity contribution in [2.45, 2.75) is 13.3 Å². The van der Waals surface area contributed by atoms with Gasteiger partial charge in [0.1, 0.15) is 0 Å². The molecule has 0 atom stereocenters. The number of halogens is 1. The summed E-state index contributed by atoms with van der Waals surface area (Å²) < 4.78 is 6.25. The molecular formula is C11H10BrN3O2. The molecule has 1 N–H and O–H groups in total. The average molecular weight is 296 g/mol. The molecule has 1 aromatic heterocycles. The van der Waals surface area contributed by atoms with Crippen LogP contribution in [0, 0.1) is 0 Å². The molecule has 0 fully saturated rings. The molecule has 17 heavy (non-hydrogen) atoms. The Morgan fingerprint density at radius 1 is 1.47 bits per heavy atom. The van der Waals surface area contributed by atoms with Crippen LogP contribution in [0.5, 0.6) is 0 Å². The fourth-order valence-corrected chi connectivity index (χ4v) is 1.62. The molecule has 0 aliphatic carbocycles. The third-order valence-corrected chi connectivity index (χ3v) is 2.56. The van der Waals surface area contributed by atoms with E-state index in [1.807, 2.05) is 24.3 Å². The molecule has 2 aromatic rings. The number of carbonyl (C=O) groups is 1. The quantitative estimate of drug-likeness (QED) is 0.945. The van der Waals surface area contributed by atoms with Crippen LogP contribution in [-0.2, 0) is 4.79 Å². The Kier molecular flexibility index (Phi) is 3.53. The molecule has 5 nitrogen and oxygen atoms in total. The van der Waals surface area contributed by atoms with E-state index in [-0.39, 0.29) is 11.9 Å². The maximum absolute atomic E-state index is 11.1. The first-order valence-electron chi connectivity index (χ1n) is 5.08. The van der Waals surface area contributed by atoms with Gasteiger partial charge in [0.05, 0.1) is 0 Å². The summed E-state index contributed by atoms with van der Waals surface area (Å²) in [6.07, 6.45) is 0.370. The minimum absolute atomic E-state index is 0.117. The van der Waals surface area contributed by atoms with Crippen molar-refractivity contribution in [1.29, 1.82) is 0 Å². The van der Waals surface area contributed by atoms with Crippen molar-refractivity contribution in [3.63, 3.8) is 0 Å². The molecule has 0 spiro atoms. The zero-order valence-electron chi connectivity index (χ0n) is 9.11. The third kappa shape index (κ3) is 2.91. The second-order valence-corrected chi connectivity index (χ2v) is 4.24. The Hall–Kier alpha value is -1.69. The Bertz CT molecular complexity index is 539. The average Bonchev–Trinajstić information content (AvgIpc) is 2.77. The van der Waals surface area contributed by atoms with Gasteiger partial charge in [-0.1, -0.05) is 34.0 Å². The van der Waals surface area contributed by atoms with Crippen LogP contribution in [0.25, 0.3) is 11.5 Å². The van der Waals surface area contributed by atoms with E-state index in [1.165, 1.54) is 0 Å². The summed E-state index contributed by atoms with van der Waals surface area (Å²) in [6.45, 7) is 1.75. The first-order chi connectivity index (χ1) is 8.19. The summed E-state index contributed by atoms with van der Waals surface area (Å²) in [5, 5.41) is 10.1. The molecule has 6 heteroatoms. The van der Waals surface area contributed by atoms with Crippen LogP contribution in [0.15, 0.2) is 33.2 Å². The summed E-state index contributed by atoms with van der Waals surface area (Å²) in [5.74, 6) is 0.215. The van der Waals surface area contributed by atoms with Crippen LogP contribution < -0.4 is 5.32 Å². The minimum atomic E-state index is -0.158. The first kappa shape index (κ1) is 11.8. The lowest BCUT2D eigenvalue weighted by Gasteiger charge is -1.96. The van der Waals surface area contributed by atoms with Crippen LogP contribution in [0.3, 0.4) is 0 Å². The molecule has 88 valence electrons. The molecule has 1 aromatic carbocycles. The summed E-state index contributed by atoms with van der Waals surface area (Å²) >= 11 is 3.36. The van der Waals surface area contributed by atoms with Crippen LogP contribution in [-0.4, -0.2) is 16.1 Å². The highest BCUT2D eigenvalue weighted by Crippen LogP contribution is 2.22. The predicted molar refractivity (Wildman–Crippen MR) is 66.4 cm³/mol. The van der Waals surface area contributed by atoms with E-state index in [9.17, 15) is 4.79 Å². The smallest absolute Gasteiger partial charge is 0.322 e. The normalized spacial score (nSPS) is 10.2. The first-order valence-corrected chi connectivity index (χ1v) is 5.87. The van der Waals surface area contributed by atoms with Crippen molar-refractivity contribution in [3.8, 4) is 11.5 Å². The Morgan fingerprint density at radius 3 is 3.00 bits per heavy atom. The number of nitrogens with one attached hydrogen (secondary N) is 1. The fourth-order valence-electron chi connectivity index (χ4n) is 1.22. The summed E-state index contributed by atoms with van der Waals surface area (Å²) in [6, 6.07) is 7.60. The lowest BCUT2D eigenvalue weighted by atomic mass is 10.2. The molecule has 0 saturated carbocycles. The number of anilines is 1. The van der Waals surface area contributed by atoms with Gasteiger partial charge in [0.25, 0.3) is 0 Å². The Morgan fingerprint density at radius 2 is 2.29 bits per heavy atom.